The van der Waals surface area contributed by atoms with Gasteiger partial charge in [-0.3, -0.25) is 14.6 Å². The third-order valence-corrected chi connectivity index (χ3v) is 8.55. The van der Waals surface area contributed by atoms with E-state index in [4.69, 9.17) is 9.47 Å². The fourth-order valence-corrected chi connectivity index (χ4v) is 7.07. The Labute approximate surface area is 222 Å². The molecule has 38 heavy (non-hydrogen) atoms. The van der Waals surface area contributed by atoms with Crippen molar-refractivity contribution in [2.45, 2.75) is 56.9 Å². The number of aromatic hydroxyl groups is 2. The third-order valence-electron chi connectivity index (χ3n) is 8.55. The summed E-state index contributed by atoms with van der Waals surface area (Å²) in [6.45, 7) is 3.18. The zero-order chi connectivity index (χ0) is 27.5. The lowest BCUT2D eigenvalue weighted by Crippen LogP contribution is -2.68. The van der Waals surface area contributed by atoms with Gasteiger partial charge in [0.15, 0.2) is 23.0 Å². The van der Waals surface area contributed by atoms with Crippen molar-refractivity contribution in [2.24, 2.45) is 0 Å². The molecule has 10 nitrogen and oxygen atoms in total. The average molecular weight is 523 g/mol. The van der Waals surface area contributed by atoms with Crippen LogP contribution in [0.25, 0.3) is 0 Å². The summed E-state index contributed by atoms with van der Waals surface area (Å²) in [7, 11) is 5.02. The van der Waals surface area contributed by atoms with Gasteiger partial charge in [0.2, 0.25) is 5.91 Å². The molecule has 0 spiro atoms. The summed E-state index contributed by atoms with van der Waals surface area (Å²) in [6, 6.07) is 4.71. The zero-order valence-corrected chi connectivity index (χ0v) is 22.3. The second-order valence-corrected chi connectivity index (χ2v) is 10.4. The summed E-state index contributed by atoms with van der Waals surface area (Å²) in [5, 5.41) is 45.4. The highest BCUT2D eigenvalue weighted by molar-refractivity contribution is 5.77. The highest BCUT2D eigenvalue weighted by Gasteiger charge is 2.55. The number of aryl methyl sites for hydroxylation is 2. The van der Waals surface area contributed by atoms with Crippen LogP contribution in [0, 0.1) is 25.2 Å². The minimum atomic E-state index is -0.664. The smallest absolute Gasteiger partial charge is 0.245 e. The maximum Gasteiger partial charge on any atom is 0.245 e. The number of aliphatic hydroxyl groups excluding tert-OH is 1. The van der Waals surface area contributed by atoms with Gasteiger partial charge in [0.05, 0.1) is 32.4 Å². The zero-order valence-electron chi connectivity index (χ0n) is 22.3. The highest BCUT2D eigenvalue weighted by atomic mass is 16.5. The molecule has 5 atom stereocenters. The number of ether oxygens (including phenoxy) is 2. The van der Waals surface area contributed by atoms with Gasteiger partial charge in [0.25, 0.3) is 0 Å². The Kier molecular flexibility index (Phi) is 6.63. The third kappa shape index (κ3) is 3.68. The Morgan fingerprint density at radius 3 is 2.16 bits per heavy atom. The van der Waals surface area contributed by atoms with Crippen LogP contribution < -0.4 is 14.8 Å². The lowest BCUT2D eigenvalue weighted by Gasteiger charge is -2.60. The number of amides is 1. The van der Waals surface area contributed by atoms with E-state index in [0.717, 1.165) is 27.8 Å². The van der Waals surface area contributed by atoms with Crippen molar-refractivity contribution in [3.05, 3.63) is 45.5 Å². The molecule has 3 aliphatic heterocycles. The van der Waals surface area contributed by atoms with Crippen molar-refractivity contribution in [3.63, 3.8) is 0 Å². The number of methoxy groups -OCH3 is 2. The Balaban J connectivity index is 1.74. The van der Waals surface area contributed by atoms with Crippen LogP contribution in [0.15, 0.2) is 12.1 Å². The minimum Gasteiger partial charge on any atom is -0.504 e. The molecule has 202 valence electrons. The van der Waals surface area contributed by atoms with Crippen molar-refractivity contribution < 1.29 is 29.6 Å². The first kappa shape index (κ1) is 26.1. The van der Waals surface area contributed by atoms with Crippen LogP contribution >= 0.6 is 0 Å². The van der Waals surface area contributed by atoms with E-state index in [1.165, 1.54) is 7.11 Å². The van der Waals surface area contributed by atoms with Gasteiger partial charge in [0, 0.05) is 29.8 Å². The van der Waals surface area contributed by atoms with Crippen LogP contribution in [0.2, 0.25) is 0 Å². The summed E-state index contributed by atoms with van der Waals surface area (Å²) in [5.74, 6) is 0.346. The molecule has 3 unspecified atom stereocenters. The number of fused-ring (bicyclic) bond motifs is 7. The van der Waals surface area contributed by atoms with Crippen molar-refractivity contribution >= 4 is 5.91 Å². The van der Waals surface area contributed by atoms with Crippen molar-refractivity contribution in [3.8, 4) is 29.1 Å². The number of benzene rings is 2. The standard InChI is InChI=1S/C28H34N4O6/c1-13-6-15-9-18-24-23-16(7-14(2)28(38-5)26(23)36)8-17(31(24)3)19(10-29)32(18)20(11-30-21(34)12-33)22(15)25(35)27(13)37-4/h6-7,17-20,24,33,35-36H,8-9,11-12H2,1-5H3,(H,30,34)/t17-,18?,19-,20?,24?/m0/s1. The maximum atomic E-state index is 12.1. The number of phenols is 2. The van der Waals surface area contributed by atoms with E-state index in [1.807, 2.05) is 33.0 Å². The molecule has 2 bridgehead atoms. The van der Waals surface area contributed by atoms with Crippen LogP contribution in [0.1, 0.15) is 45.5 Å². The summed E-state index contributed by atoms with van der Waals surface area (Å²) in [6.07, 6.45) is 1.06. The molecule has 1 saturated heterocycles. The molecular weight excluding hydrogens is 488 g/mol. The van der Waals surface area contributed by atoms with Crippen LogP contribution in [0.3, 0.4) is 0 Å². The highest BCUT2D eigenvalue weighted by Crippen LogP contribution is 2.55. The Morgan fingerprint density at radius 1 is 1.05 bits per heavy atom. The van der Waals surface area contributed by atoms with Crippen molar-refractivity contribution in [2.75, 3.05) is 34.4 Å². The number of piperazine rings is 1. The number of nitrogens with one attached hydrogen (secondary N) is 1. The molecule has 3 heterocycles. The van der Waals surface area contributed by atoms with Gasteiger partial charge in [-0.05, 0) is 56.0 Å². The number of carbonyl (C=O) groups is 1. The molecule has 0 aromatic heterocycles. The van der Waals surface area contributed by atoms with Crippen LogP contribution in [-0.2, 0) is 17.6 Å². The van der Waals surface area contributed by atoms with Gasteiger partial charge in [-0.1, -0.05) is 12.1 Å². The molecule has 5 rings (SSSR count). The Bertz CT molecular complexity index is 1340. The van der Waals surface area contributed by atoms with Gasteiger partial charge in [-0.15, -0.1) is 0 Å². The first-order valence-electron chi connectivity index (χ1n) is 12.7. The molecule has 2 aromatic rings. The molecule has 1 amide bonds. The number of nitriles is 1. The number of nitrogens with zero attached hydrogens (tertiary/aromatic N) is 3. The van der Waals surface area contributed by atoms with E-state index in [0.29, 0.717) is 29.9 Å². The van der Waals surface area contributed by atoms with E-state index in [-0.39, 0.29) is 36.2 Å². The Hall–Kier alpha value is -3.52. The van der Waals surface area contributed by atoms with Crippen LogP contribution in [0.4, 0.5) is 0 Å². The number of likely N-dealkylation sites (N-methyl/N-ethyl adjacent to an activating group) is 1. The summed E-state index contributed by atoms with van der Waals surface area (Å²) >= 11 is 0. The van der Waals surface area contributed by atoms with Gasteiger partial charge >= 0.3 is 0 Å². The summed E-state index contributed by atoms with van der Waals surface area (Å²) < 4.78 is 11.1. The number of rotatable bonds is 5. The fourth-order valence-electron chi connectivity index (χ4n) is 7.07. The molecular formula is C28H34N4O6. The van der Waals surface area contributed by atoms with Gasteiger partial charge in [-0.2, -0.15) is 5.26 Å². The second-order valence-electron chi connectivity index (χ2n) is 10.4. The lowest BCUT2D eigenvalue weighted by atomic mass is 9.72. The second kappa shape index (κ2) is 9.66. The predicted molar refractivity (Wildman–Crippen MR) is 138 cm³/mol. The van der Waals surface area contributed by atoms with Gasteiger partial charge < -0.3 is 30.1 Å². The van der Waals surface area contributed by atoms with Crippen LogP contribution in [0.5, 0.6) is 23.0 Å². The maximum absolute atomic E-state index is 12.1. The number of hydrogen-bond donors (Lipinski definition) is 4. The number of carbonyl (C=O) groups excluding carboxylic acids is 1. The summed E-state index contributed by atoms with van der Waals surface area (Å²) in [4.78, 5) is 16.4. The average Bonchev–Trinajstić information content (AvgIpc) is 2.88. The topological polar surface area (TPSA) is 139 Å². The molecule has 4 N–H and O–H groups in total. The molecule has 0 aliphatic carbocycles. The molecule has 0 saturated carbocycles. The molecule has 10 heteroatoms. The molecule has 3 aliphatic rings. The van der Waals surface area contributed by atoms with E-state index in [1.54, 1.807) is 7.11 Å². The molecule has 1 fully saturated rings. The van der Waals surface area contributed by atoms with E-state index in [2.05, 4.69) is 21.2 Å². The number of hydrogen-bond acceptors (Lipinski definition) is 9. The quantitative estimate of drug-likeness (QED) is 0.461. The van der Waals surface area contributed by atoms with E-state index < -0.39 is 24.6 Å². The monoisotopic (exact) mass is 522 g/mol. The van der Waals surface area contributed by atoms with E-state index in [9.17, 15) is 25.4 Å². The number of aliphatic hydroxyl groups is 1. The van der Waals surface area contributed by atoms with Crippen molar-refractivity contribution in [1.29, 1.82) is 5.26 Å². The minimum absolute atomic E-state index is 0.00878. The van der Waals surface area contributed by atoms with E-state index >= 15 is 0 Å². The van der Waals surface area contributed by atoms with Gasteiger partial charge in [-0.25, -0.2) is 0 Å². The van der Waals surface area contributed by atoms with Crippen LogP contribution in [-0.4, -0.2) is 83.6 Å². The normalized spacial score (nSPS) is 26.0. The molecule has 2 aromatic carbocycles. The SMILES string of the molecule is COc1c(C)cc2c(c1O)C1C3Cc4cc(C)c(OC)c(O)c4C(CNC(=O)CO)N3[C@@H](C#N)[C@H](C2)N1C. The predicted octanol–water partition coefficient (Wildman–Crippen LogP) is 1.61. The fraction of sp³-hybridized carbons (Fsp3) is 0.500. The lowest BCUT2D eigenvalue weighted by molar-refractivity contribution is -0.124. The van der Waals surface area contributed by atoms with Crippen molar-refractivity contribution in [1.82, 2.24) is 15.1 Å². The largest absolute Gasteiger partial charge is 0.504 e. The molecule has 0 radical (unpaired) electrons. The summed E-state index contributed by atoms with van der Waals surface area (Å²) in [5.41, 5.74) is 4.89. The van der Waals surface area contributed by atoms with Gasteiger partial charge in [0.1, 0.15) is 12.6 Å². The Morgan fingerprint density at radius 2 is 1.61 bits per heavy atom. The first-order valence-corrected chi connectivity index (χ1v) is 12.7. The first-order chi connectivity index (χ1) is 18.2. The number of phenolic OH excluding ortho intramolecular Hbond substituents is 2.